The van der Waals surface area contributed by atoms with Gasteiger partial charge in [-0.15, -0.1) is 0 Å². The SMILES string of the molecule is CCN(CCC(O)c1ccccc1Cl)CC(F)(F)F. The second kappa shape index (κ2) is 7.12. The summed E-state index contributed by atoms with van der Waals surface area (Å²) in [6, 6.07) is 6.79. The lowest BCUT2D eigenvalue weighted by molar-refractivity contribution is -0.146. The summed E-state index contributed by atoms with van der Waals surface area (Å²) in [7, 11) is 0. The smallest absolute Gasteiger partial charge is 0.388 e. The van der Waals surface area contributed by atoms with Gasteiger partial charge in [0, 0.05) is 11.6 Å². The van der Waals surface area contributed by atoms with Gasteiger partial charge in [0.15, 0.2) is 0 Å². The molecule has 6 heteroatoms. The minimum absolute atomic E-state index is 0.169. The lowest BCUT2D eigenvalue weighted by atomic mass is 10.1. The van der Waals surface area contributed by atoms with Gasteiger partial charge in [0.1, 0.15) is 0 Å². The second-order valence-electron chi connectivity index (χ2n) is 4.31. The molecule has 0 heterocycles. The van der Waals surface area contributed by atoms with E-state index in [9.17, 15) is 18.3 Å². The third-order valence-corrected chi connectivity index (χ3v) is 3.18. The van der Waals surface area contributed by atoms with Crippen molar-refractivity contribution in [1.82, 2.24) is 4.90 Å². The molecule has 0 fully saturated rings. The molecule has 0 aliphatic heterocycles. The normalized spacial score (nSPS) is 13.8. The molecule has 1 aromatic rings. The molecule has 108 valence electrons. The number of aliphatic hydroxyl groups excluding tert-OH is 1. The van der Waals surface area contributed by atoms with Gasteiger partial charge >= 0.3 is 6.18 Å². The first kappa shape index (κ1) is 16.3. The molecule has 1 N–H and O–H groups in total. The Balaban J connectivity index is 2.53. The maximum Gasteiger partial charge on any atom is 0.401 e. The Bertz CT molecular complexity index is 398. The van der Waals surface area contributed by atoms with Crippen LogP contribution in [0.5, 0.6) is 0 Å². The molecule has 1 atom stereocenters. The number of halogens is 4. The van der Waals surface area contributed by atoms with Gasteiger partial charge in [-0.2, -0.15) is 13.2 Å². The van der Waals surface area contributed by atoms with E-state index in [1.165, 1.54) is 4.90 Å². The van der Waals surface area contributed by atoms with Crippen LogP contribution in [0.1, 0.15) is 25.0 Å². The summed E-state index contributed by atoms with van der Waals surface area (Å²) in [6.07, 6.45) is -4.85. The van der Waals surface area contributed by atoms with E-state index in [4.69, 9.17) is 11.6 Å². The minimum atomic E-state index is -4.22. The summed E-state index contributed by atoms with van der Waals surface area (Å²) in [5.74, 6) is 0. The molecule has 0 saturated heterocycles. The number of hydrogen-bond donors (Lipinski definition) is 1. The molecule has 1 rings (SSSR count). The molecule has 1 unspecified atom stereocenters. The van der Waals surface area contributed by atoms with Crippen molar-refractivity contribution in [3.05, 3.63) is 34.9 Å². The molecule has 2 nitrogen and oxygen atoms in total. The van der Waals surface area contributed by atoms with Crippen molar-refractivity contribution in [2.75, 3.05) is 19.6 Å². The van der Waals surface area contributed by atoms with Crippen molar-refractivity contribution in [1.29, 1.82) is 0 Å². The molecule has 0 aliphatic rings. The number of nitrogens with zero attached hydrogens (tertiary/aromatic N) is 1. The van der Waals surface area contributed by atoms with Crippen LogP contribution in [0, 0.1) is 0 Å². The molecule has 1 aromatic carbocycles. The average molecular weight is 296 g/mol. The standard InChI is InChI=1S/C13H17ClF3NO/c1-2-18(9-13(15,16)17)8-7-12(19)10-5-3-4-6-11(10)14/h3-6,12,19H,2,7-9H2,1H3. The molecule has 0 aromatic heterocycles. The number of hydrogen-bond acceptors (Lipinski definition) is 2. The van der Waals surface area contributed by atoms with E-state index in [-0.39, 0.29) is 19.5 Å². The van der Waals surface area contributed by atoms with E-state index in [0.717, 1.165) is 0 Å². The summed E-state index contributed by atoms with van der Waals surface area (Å²) < 4.78 is 36.8. The van der Waals surface area contributed by atoms with Gasteiger partial charge in [-0.3, -0.25) is 4.90 Å². The Kier molecular flexibility index (Phi) is 6.10. The van der Waals surface area contributed by atoms with E-state index in [0.29, 0.717) is 10.6 Å². The van der Waals surface area contributed by atoms with Crippen molar-refractivity contribution in [2.45, 2.75) is 25.6 Å². The van der Waals surface area contributed by atoms with E-state index in [1.54, 1.807) is 31.2 Å². The van der Waals surface area contributed by atoms with E-state index >= 15 is 0 Å². The molecule has 0 saturated carbocycles. The molecule has 19 heavy (non-hydrogen) atoms. The third-order valence-electron chi connectivity index (χ3n) is 2.83. The van der Waals surface area contributed by atoms with Crippen molar-refractivity contribution < 1.29 is 18.3 Å². The van der Waals surface area contributed by atoms with Crippen LogP contribution in [-0.4, -0.2) is 35.8 Å². The predicted molar refractivity (Wildman–Crippen MR) is 69.2 cm³/mol. The lowest BCUT2D eigenvalue weighted by Crippen LogP contribution is -2.35. The molecule has 0 spiro atoms. The van der Waals surface area contributed by atoms with Crippen LogP contribution in [-0.2, 0) is 0 Å². The van der Waals surface area contributed by atoms with Crippen molar-refractivity contribution in [3.63, 3.8) is 0 Å². The maximum atomic E-state index is 12.3. The fraction of sp³-hybridized carbons (Fsp3) is 0.538. The monoisotopic (exact) mass is 295 g/mol. The highest BCUT2D eigenvalue weighted by atomic mass is 35.5. The van der Waals surface area contributed by atoms with E-state index in [2.05, 4.69) is 0 Å². The minimum Gasteiger partial charge on any atom is -0.388 e. The average Bonchev–Trinajstić information content (AvgIpc) is 2.33. The molecule has 0 aliphatic carbocycles. The zero-order valence-corrected chi connectivity index (χ0v) is 11.4. The van der Waals surface area contributed by atoms with Crippen molar-refractivity contribution in [2.24, 2.45) is 0 Å². The van der Waals surface area contributed by atoms with Crippen LogP contribution in [0.25, 0.3) is 0 Å². The predicted octanol–water partition coefficient (Wildman–Crippen LogP) is 3.65. The van der Waals surface area contributed by atoms with Crippen molar-refractivity contribution in [3.8, 4) is 0 Å². The first-order chi connectivity index (χ1) is 8.83. The van der Waals surface area contributed by atoms with Crippen LogP contribution in [0.2, 0.25) is 5.02 Å². The second-order valence-corrected chi connectivity index (χ2v) is 4.72. The Morgan fingerprint density at radius 2 is 1.95 bits per heavy atom. The van der Waals surface area contributed by atoms with Gasteiger partial charge < -0.3 is 5.11 Å². The van der Waals surface area contributed by atoms with Gasteiger partial charge in [-0.1, -0.05) is 36.7 Å². The molecule has 0 amide bonds. The summed E-state index contributed by atoms with van der Waals surface area (Å²) in [6.45, 7) is 1.16. The zero-order chi connectivity index (χ0) is 14.5. The Labute approximate surface area is 115 Å². The lowest BCUT2D eigenvalue weighted by Gasteiger charge is -2.23. The number of benzene rings is 1. The van der Waals surface area contributed by atoms with Gasteiger partial charge in [-0.05, 0) is 24.6 Å². The fourth-order valence-electron chi connectivity index (χ4n) is 1.81. The van der Waals surface area contributed by atoms with Crippen LogP contribution in [0.3, 0.4) is 0 Å². The van der Waals surface area contributed by atoms with E-state index < -0.39 is 18.8 Å². The summed E-state index contributed by atoms with van der Waals surface area (Å²) in [4.78, 5) is 1.25. The third kappa shape index (κ3) is 5.80. The molecular formula is C13H17ClF3NO. The largest absolute Gasteiger partial charge is 0.401 e. The Hall–Kier alpha value is -0.780. The van der Waals surface area contributed by atoms with Crippen LogP contribution < -0.4 is 0 Å². The zero-order valence-electron chi connectivity index (χ0n) is 10.6. The number of alkyl halides is 3. The highest BCUT2D eigenvalue weighted by Gasteiger charge is 2.30. The van der Waals surface area contributed by atoms with Gasteiger partial charge in [0.05, 0.1) is 12.6 Å². The molecule has 0 bridgehead atoms. The van der Waals surface area contributed by atoms with E-state index in [1.807, 2.05) is 0 Å². The van der Waals surface area contributed by atoms with Crippen LogP contribution in [0.15, 0.2) is 24.3 Å². The Morgan fingerprint density at radius 3 is 2.47 bits per heavy atom. The highest BCUT2D eigenvalue weighted by Crippen LogP contribution is 2.25. The quantitative estimate of drug-likeness (QED) is 0.866. The van der Waals surface area contributed by atoms with Gasteiger partial charge in [-0.25, -0.2) is 0 Å². The molecule has 0 radical (unpaired) electrons. The summed E-state index contributed by atoms with van der Waals surface area (Å²) >= 11 is 5.92. The first-order valence-electron chi connectivity index (χ1n) is 6.05. The molecular weight excluding hydrogens is 279 g/mol. The first-order valence-corrected chi connectivity index (χ1v) is 6.43. The number of rotatable bonds is 6. The highest BCUT2D eigenvalue weighted by molar-refractivity contribution is 6.31. The summed E-state index contributed by atoms with van der Waals surface area (Å²) in [5, 5.41) is 10.4. The van der Waals surface area contributed by atoms with Gasteiger partial charge in [0.2, 0.25) is 0 Å². The van der Waals surface area contributed by atoms with Crippen LogP contribution >= 0.6 is 11.6 Å². The van der Waals surface area contributed by atoms with Crippen molar-refractivity contribution >= 4 is 11.6 Å². The topological polar surface area (TPSA) is 23.5 Å². The fourth-order valence-corrected chi connectivity index (χ4v) is 2.07. The van der Waals surface area contributed by atoms with Gasteiger partial charge in [0.25, 0.3) is 0 Å². The van der Waals surface area contributed by atoms with Crippen LogP contribution in [0.4, 0.5) is 13.2 Å². The maximum absolute atomic E-state index is 12.3. The Morgan fingerprint density at radius 1 is 1.32 bits per heavy atom. The summed E-state index contributed by atoms with van der Waals surface area (Å²) in [5.41, 5.74) is 0.548. The number of aliphatic hydroxyl groups is 1.